The summed E-state index contributed by atoms with van der Waals surface area (Å²) < 4.78 is 20.3. The lowest BCUT2D eigenvalue weighted by Crippen LogP contribution is -2.19. The van der Waals surface area contributed by atoms with Crippen LogP contribution in [0.25, 0.3) is 0 Å². The van der Waals surface area contributed by atoms with Crippen molar-refractivity contribution < 1.29 is 29.2 Å². The molecule has 0 saturated heterocycles. The third-order valence-corrected chi connectivity index (χ3v) is 6.52. The lowest BCUT2D eigenvalue weighted by atomic mass is 10.4. The molecular formula is C14H26O6S3. The number of aliphatic hydroxyl groups is 2. The highest BCUT2D eigenvalue weighted by molar-refractivity contribution is 9.09. The maximum atomic E-state index is 9.68. The molecule has 9 heteroatoms. The molecular weight excluding hydrogens is 360 g/mol. The molecule has 0 aliphatic heterocycles. The average molecular weight is 387 g/mol. The van der Waals surface area contributed by atoms with Crippen molar-refractivity contribution in [3.63, 3.8) is 0 Å². The summed E-state index contributed by atoms with van der Waals surface area (Å²) in [6.45, 7) is 9.14. The summed E-state index contributed by atoms with van der Waals surface area (Å²) in [5.74, 6) is 1.12. The molecule has 23 heavy (non-hydrogen) atoms. The molecule has 0 bridgehead atoms. The van der Waals surface area contributed by atoms with Crippen molar-refractivity contribution in [2.24, 2.45) is 0 Å². The molecule has 2 N–H and O–H groups in total. The van der Waals surface area contributed by atoms with Gasteiger partial charge in [0, 0.05) is 11.5 Å². The molecule has 2 atom stereocenters. The topological polar surface area (TPSA) is 77.4 Å². The van der Waals surface area contributed by atoms with Gasteiger partial charge in [-0.15, -0.1) is 0 Å². The Balaban J connectivity index is 3.29. The van der Waals surface area contributed by atoms with Gasteiger partial charge in [-0.05, 0) is 9.83 Å². The first-order valence-corrected chi connectivity index (χ1v) is 10.9. The average Bonchev–Trinajstić information content (AvgIpc) is 2.54. The molecule has 0 spiro atoms. The molecule has 0 aliphatic carbocycles. The van der Waals surface area contributed by atoms with Gasteiger partial charge in [-0.3, -0.25) is 0 Å². The van der Waals surface area contributed by atoms with Gasteiger partial charge in [0.1, 0.15) is 13.2 Å². The first-order chi connectivity index (χ1) is 11.2. The van der Waals surface area contributed by atoms with Crippen LogP contribution in [0.3, 0.4) is 0 Å². The van der Waals surface area contributed by atoms with Crippen LogP contribution in [-0.4, -0.2) is 73.6 Å². The van der Waals surface area contributed by atoms with Crippen molar-refractivity contribution in [1.82, 2.24) is 0 Å². The van der Waals surface area contributed by atoms with Crippen LogP contribution in [0.15, 0.2) is 25.7 Å². The smallest absolute Gasteiger partial charge is 0.111 e. The molecule has 0 aromatic heterocycles. The summed E-state index contributed by atoms with van der Waals surface area (Å²) in [7, 11) is 4.58. The first kappa shape index (κ1) is 23.0. The van der Waals surface area contributed by atoms with Gasteiger partial charge in [0.15, 0.2) is 0 Å². The lowest BCUT2D eigenvalue weighted by molar-refractivity contribution is 0.0284. The third kappa shape index (κ3) is 18.2. The van der Waals surface area contributed by atoms with Crippen molar-refractivity contribution in [1.29, 1.82) is 0 Å². The zero-order valence-electron chi connectivity index (χ0n) is 13.1. The van der Waals surface area contributed by atoms with E-state index >= 15 is 0 Å². The fourth-order valence-corrected chi connectivity index (χ4v) is 4.94. The summed E-state index contributed by atoms with van der Waals surface area (Å²) >= 11 is 0. The van der Waals surface area contributed by atoms with Gasteiger partial charge >= 0.3 is 0 Å². The molecule has 2 unspecified atom stereocenters. The van der Waals surface area contributed by atoms with Crippen LogP contribution in [0.1, 0.15) is 0 Å². The van der Waals surface area contributed by atoms with Crippen LogP contribution in [0.4, 0.5) is 0 Å². The second kappa shape index (κ2) is 18.3. The Morgan fingerprint density at radius 1 is 0.783 bits per heavy atom. The molecule has 0 aromatic rings. The van der Waals surface area contributed by atoms with E-state index in [-0.39, 0.29) is 13.2 Å². The van der Waals surface area contributed by atoms with Crippen molar-refractivity contribution in [2.75, 3.05) is 51.1 Å². The molecule has 0 saturated carbocycles. The summed E-state index contributed by atoms with van der Waals surface area (Å²) in [4.78, 5) is 0. The molecule has 0 heterocycles. The van der Waals surface area contributed by atoms with Gasteiger partial charge in [0.25, 0.3) is 0 Å². The Morgan fingerprint density at radius 3 is 1.61 bits per heavy atom. The molecule has 0 fully saturated rings. The lowest BCUT2D eigenvalue weighted by Gasteiger charge is -2.12. The van der Waals surface area contributed by atoms with Crippen LogP contribution in [0.5, 0.6) is 0 Å². The Hall–Kier alpha value is -0.0300. The third-order valence-electron chi connectivity index (χ3n) is 2.16. The van der Waals surface area contributed by atoms with Gasteiger partial charge in [-0.25, -0.2) is 0 Å². The largest absolute Gasteiger partial charge is 0.499 e. The van der Waals surface area contributed by atoms with Gasteiger partial charge in [-0.1, -0.05) is 34.7 Å². The SMILES string of the molecule is C=COCCOCC(O)CSSSCC(O)COCCOC=C. The van der Waals surface area contributed by atoms with Gasteiger partial charge in [0.05, 0.1) is 51.2 Å². The zero-order valence-corrected chi connectivity index (χ0v) is 15.6. The molecule has 0 aromatic carbocycles. The van der Waals surface area contributed by atoms with Crippen molar-refractivity contribution in [3.05, 3.63) is 25.7 Å². The maximum Gasteiger partial charge on any atom is 0.111 e. The zero-order chi connectivity index (χ0) is 17.2. The molecule has 0 aliphatic rings. The van der Waals surface area contributed by atoms with Crippen molar-refractivity contribution in [3.8, 4) is 0 Å². The quantitative estimate of drug-likeness (QED) is 0.209. The Morgan fingerprint density at radius 2 is 1.22 bits per heavy atom. The van der Waals surface area contributed by atoms with E-state index in [0.717, 1.165) is 0 Å². The van der Waals surface area contributed by atoms with Crippen LogP contribution >= 0.6 is 31.4 Å². The molecule has 6 nitrogen and oxygen atoms in total. The number of hydrogen-bond donors (Lipinski definition) is 2. The minimum atomic E-state index is -0.519. The summed E-state index contributed by atoms with van der Waals surface area (Å²) in [6.07, 6.45) is 1.68. The summed E-state index contributed by atoms with van der Waals surface area (Å²) in [5, 5.41) is 19.4. The van der Waals surface area contributed by atoms with E-state index in [1.807, 2.05) is 0 Å². The summed E-state index contributed by atoms with van der Waals surface area (Å²) in [5.41, 5.74) is 0. The second-order valence-corrected chi connectivity index (χ2v) is 8.49. The number of rotatable bonds is 18. The van der Waals surface area contributed by atoms with E-state index in [2.05, 4.69) is 13.2 Å². The Labute approximate surface area is 149 Å². The molecule has 0 rings (SSSR count). The molecule has 0 amide bonds. The van der Waals surface area contributed by atoms with E-state index in [0.29, 0.717) is 37.9 Å². The fraction of sp³-hybridized carbons (Fsp3) is 0.714. The predicted octanol–water partition coefficient (Wildman–Crippen LogP) is 2.09. The van der Waals surface area contributed by atoms with Crippen molar-refractivity contribution in [2.45, 2.75) is 12.2 Å². The van der Waals surface area contributed by atoms with Crippen LogP contribution < -0.4 is 0 Å². The Bertz CT molecular complexity index is 257. The summed E-state index contributed by atoms with van der Waals surface area (Å²) in [6, 6.07) is 0. The van der Waals surface area contributed by atoms with E-state index in [1.165, 1.54) is 43.9 Å². The van der Waals surface area contributed by atoms with Crippen molar-refractivity contribution >= 4 is 31.4 Å². The number of aliphatic hydroxyl groups excluding tert-OH is 2. The van der Waals surface area contributed by atoms with Gasteiger partial charge in [-0.2, -0.15) is 0 Å². The maximum absolute atomic E-state index is 9.68. The van der Waals surface area contributed by atoms with Crippen LogP contribution in [-0.2, 0) is 18.9 Å². The Kier molecular flexibility index (Phi) is 18.3. The minimum Gasteiger partial charge on any atom is -0.499 e. The van der Waals surface area contributed by atoms with Crippen LogP contribution in [0, 0.1) is 0 Å². The highest BCUT2D eigenvalue weighted by Gasteiger charge is 2.07. The molecule has 0 radical (unpaired) electrons. The highest BCUT2D eigenvalue weighted by atomic mass is 33.5. The standard InChI is InChI=1S/C14H26O6S3/c1-3-17-5-7-19-9-13(15)11-21-23-22-12-14(16)10-20-8-6-18-4-2/h3-4,13-16H,1-2,5-12H2. The number of hydrogen-bond acceptors (Lipinski definition) is 9. The molecule has 136 valence electrons. The van der Waals surface area contributed by atoms with Gasteiger partial charge < -0.3 is 29.2 Å². The van der Waals surface area contributed by atoms with E-state index in [9.17, 15) is 10.2 Å². The highest BCUT2D eigenvalue weighted by Crippen LogP contribution is 2.35. The van der Waals surface area contributed by atoms with E-state index in [1.54, 1.807) is 0 Å². The first-order valence-electron chi connectivity index (χ1n) is 7.08. The van der Waals surface area contributed by atoms with Crippen LogP contribution in [0.2, 0.25) is 0 Å². The fourth-order valence-electron chi connectivity index (χ4n) is 1.16. The monoisotopic (exact) mass is 386 g/mol. The predicted molar refractivity (Wildman–Crippen MR) is 98.5 cm³/mol. The van der Waals surface area contributed by atoms with E-state index < -0.39 is 12.2 Å². The number of ether oxygens (including phenoxy) is 4. The normalized spacial score (nSPS) is 13.3. The second-order valence-electron chi connectivity index (χ2n) is 4.17. The van der Waals surface area contributed by atoms with Gasteiger partial charge in [0.2, 0.25) is 0 Å². The minimum absolute atomic E-state index is 0.280. The van der Waals surface area contributed by atoms with E-state index in [4.69, 9.17) is 18.9 Å².